The van der Waals surface area contributed by atoms with Crippen molar-refractivity contribution in [1.29, 1.82) is 0 Å². The molecule has 1 unspecified atom stereocenters. The Labute approximate surface area is 162 Å². The van der Waals surface area contributed by atoms with Crippen LogP contribution in [0.3, 0.4) is 0 Å². The number of nitrogens with one attached hydrogen (secondary N) is 1. The van der Waals surface area contributed by atoms with Crippen LogP contribution < -0.4 is 15.6 Å². The standard InChI is InChI=1S/C20H24ClN3O3/c1-2-22-9-12-5-6-23(10-12)18-8-17-14(7-16(18)21)19(25)15(20(26)27)11-24(17)13-3-4-13/h7-8,11-13,22H,2-6,9-10H2,1H3,(H,26,27). The number of carboxylic acid groups (broad SMARTS) is 1. The van der Waals surface area contributed by atoms with Crippen molar-refractivity contribution in [1.82, 2.24) is 9.88 Å². The molecule has 2 aliphatic rings. The maximum absolute atomic E-state index is 12.6. The van der Waals surface area contributed by atoms with Crippen molar-refractivity contribution in [2.45, 2.75) is 32.2 Å². The number of halogens is 1. The van der Waals surface area contributed by atoms with Gasteiger partial charge in [0.25, 0.3) is 0 Å². The molecule has 0 radical (unpaired) electrons. The molecule has 6 nitrogen and oxygen atoms in total. The fourth-order valence-electron chi connectivity index (χ4n) is 3.97. The first kappa shape index (κ1) is 18.3. The summed E-state index contributed by atoms with van der Waals surface area (Å²) in [5.74, 6) is -0.612. The first-order valence-corrected chi connectivity index (χ1v) is 9.94. The Hall–Kier alpha value is -2.05. The van der Waals surface area contributed by atoms with E-state index < -0.39 is 11.4 Å². The van der Waals surface area contributed by atoms with Gasteiger partial charge in [-0.2, -0.15) is 0 Å². The highest BCUT2D eigenvalue weighted by atomic mass is 35.5. The van der Waals surface area contributed by atoms with Crippen LogP contribution in [0, 0.1) is 5.92 Å². The van der Waals surface area contributed by atoms with Crippen LogP contribution in [0.25, 0.3) is 10.9 Å². The second-order valence-corrected chi connectivity index (χ2v) is 7.95. The van der Waals surface area contributed by atoms with E-state index in [2.05, 4.69) is 17.1 Å². The van der Waals surface area contributed by atoms with Gasteiger partial charge < -0.3 is 19.9 Å². The van der Waals surface area contributed by atoms with Gasteiger partial charge in [0.05, 0.1) is 16.2 Å². The molecule has 144 valence electrons. The lowest BCUT2D eigenvalue weighted by Crippen LogP contribution is -2.26. The number of hydrogen-bond donors (Lipinski definition) is 2. The van der Waals surface area contributed by atoms with E-state index in [-0.39, 0.29) is 11.6 Å². The molecule has 2 fully saturated rings. The van der Waals surface area contributed by atoms with Gasteiger partial charge in [-0.3, -0.25) is 4.79 Å². The molecule has 1 aromatic heterocycles. The molecule has 1 atom stereocenters. The van der Waals surface area contributed by atoms with Gasteiger partial charge in [0.1, 0.15) is 5.56 Å². The van der Waals surface area contributed by atoms with Gasteiger partial charge in [0.15, 0.2) is 0 Å². The van der Waals surface area contributed by atoms with Crippen LogP contribution in [0.1, 0.15) is 42.6 Å². The van der Waals surface area contributed by atoms with Crippen LogP contribution in [0.15, 0.2) is 23.1 Å². The van der Waals surface area contributed by atoms with E-state index in [1.165, 1.54) is 6.20 Å². The number of hydrogen-bond acceptors (Lipinski definition) is 4. The quantitative estimate of drug-likeness (QED) is 0.794. The van der Waals surface area contributed by atoms with Crippen molar-refractivity contribution in [3.8, 4) is 0 Å². The van der Waals surface area contributed by atoms with E-state index in [0.717, 1.165) is 56.6 Å². The van der Waals surface area contributed by atoms with Gasteiger partial charge in [-0.15, -0.1) is 0 Å². The number of aromatic nitrogens is 1. The minimum Gasteiger partial charge on any atom is -0.477 e. The van der Waals surface area contributed by atoms with Crippen molar-refractivity contribution < 1.29 is 9.90 Å². The van der Waals surface area contributed by atoms with Crippen LogP contribution in [0.5, 0.6) is 0 Å². The molecule has 2 aromatic rings. The summed E-state index contributed by atoms with van der Waals surface area (Å²) in [4.78, 5) is 26.4. The topological polar surface area (TPSA) is 74.6 Å². The lowest BCUT2D eigenvalue weighted by atomic mass is 10.1. The van der Waals surface area contributed by atoms with E-state index in [1.54, 1.807) is 6.07 Å². The summed E-state index contributed by atoms with van der Waals surface area (Å²) in [7, 11) is 0. The number of aromatic carboxylic acids is 1. The Morgan fingerprint density at radius 3 is 2.78 bits per heavy atom. The smallest absolute Gasteiger partial charge is 0.341 e. The second kappa shape index (κ2) is 7.17. The molecule has 4 rings (SSSR count). The van der Waals surface area contributed by atoms with Crippen LogP contribution in [-0.4, -0.2) is 41.8 Å². The van der Waals surface area contributed by atoms with Crippen molar-refractivity contribution in [2.75, 3.05) is 31.1 Å². The first-order chi connectivity index (χ1) is 13.0. The largest absolute Gasteiger partial charge is 0.477 e. The Balaban J connectivity index is 1.77. The molecule has 0 spiro atoms. The summed E-state index contributed by atoms with van der Waals surface area (Å²) in [6.07, 6.45) is 4.61. The van der Waals surface area contributed by atoms with Crippen LogP contribution >= 0.6 is 11.6 Å². The normalized spacial score (nSPS) is 19.8. The third-order valence-corrected chi connectivity index (χ3v) is 5.88. The van der Waals surface area contributed by atoms with Gasteiger partial charge in [-0.05, 0) is 50.4 Å². The predicted molar refractivity (Wildman–Crippen MR) is 107 cm³/mol. The zero-order valence-corrected chi connectivity index (χ0v) is 16.1. The maximum Gasteiger partial charge on any atom is 0.341 e. The molecule has 2 heterocycles. The van der Waals surface area contributed by atoms with E-state index in [9.17, 15) is 14.7 Å². The molecule has 1 aliphatic heterocycles. The second-order valence-electron chi connectivity index (χ2n) is 7.54. The van der Waals surface area contributed by atoms with Crippen molar-refractivity contribution in [3.05, 3.63) is 39.1 Å². The lowest BCUT2D eigenvalue weighted by Gasteiger charge is -2.22. The molecular weight excluding hydrogens is 366 g/mol. The summed E-state index contributed by atoms with van der Waals surface area (Å²) in [6, 6.07) is 3.89. The van der Waals surface area contributed by atoms with Crippen LogP contribution in [0.2, 0.25) is 5.02 Å². The summed E-state index contributed by atoms with van der Waals surface area (Å²) in [5, 5.41) is 13.7. The number of nitrogens with zero attached hydrogens (tertiary/aromatic N) is 2. The number of rotatable bonds is 6. The predicted octanol–water partition coefficient (Wildman–Crippen LogP) is 3.12. The average molecular weight is 390 g/mol. The maximum atomic E-state index is 12.6. The number of anilines is 1. The lowest BCUT2D eigenvalue weighted by molar-refractivity contribution is 0.0695. The number of carbonyl (C=O) groups is 1. The molecule has 0 amide bonds. The molecule has 1 saturated heterocycles. The minimum atomic E-state index is -1.19. The van der Waals surface area contributed by atoms with E-state index >= 15 is 0 Å². The number of pyridine rings is 1. The van der Waals surface area contributed by atoms with Gasteiger partial charge in [-0.25, -0.2) is 4.79 Å². The van der Waals surface area contributed by atoms with Crippen molar-refractivity contribution >= 4 is 34.2 Å². The summed E-state index contributed by atoms with van der Waals surface area (Å²) in [6.45, 7) is 5.93. The fraction of sp³-hybridized carbons (Fsp3) is 0.500. The Morgan fingerprint density at radius 2 is 2.11 bits per heavy atom. The first-order valence-electron chi connectivity index (χ1n) is 9.57. The number of benzene rings is 1. The molecular formula is C20H24ClN3O3. The van der Waals surface area contributed by atoms with Gasteiger partial charge in [-0.1, -0.05) is 18.5 Å². The minimum absolute atomic E-state index is 0.190. The molecule has 1 aliphatic carbocycles. The highest BCUT2D eigenvalue weighted by Gasteiger charge is 2.29. The highest BCUT2D eigenvalue weighted by molar-refractivity contribution is 6.34. The van der Waals surface area contributed by atoms with Gasteiger partial charge in [0.2, 0.25) is 5.43 Å². The summed E-state index contributed by atoms with van der Waals surface area (Å²) in [5.41, 5.74) is 1.06. The van der Waals surface area contributed by atoms with E-state index in [0.29, 0.717) is 16.3 Å². The number of carboxylic acids is 1. The monoisotopic (exact) mass is 389 g/mol. The number of fused-ring (bicyclic) bond motifs is 1. The van der Waals surface area contributed by atoms with E-state index in [4.69, 9.17) is 11.6 Å². The van der Waals surface area contributed by atoms with Gasteiger partial charge in [0, 0.05) is 30.7 Å². The molecule has 27 heavy (non-hydrogen) atoms. The molecule has 7 heteroatoms. The van der Waals surface area contributed by atoms with Crippen LogP contribution in [-0.2, 0) is 0 Å². The highest BCUT2D eigenvalue weighted by Crippen LogP contribution is 2.39. The zero-order valence-electron chi connectivity index (χ0n) is 15.4. The molecule has 0 bridgehead atoms. The van der Waals surface area contributed by atoms with E-state index in [1.807, 2.05) is 10.6 Å². The Morgan fingerprint density at radius 1 is 1.33 bits per heavy atom. The van der Waals surface area contributed by atoms with Crippen LogP contribution in [0.4, 0.5) is 5.69 Å². The third-order valence-electron chi connectivity index (χ3n) is 5.58. The van der Waals surface area contributed by atoms with Gasteiger partial charge >= 0.3 is 5.97 Å². The summed E-state index contributed by atoms with van der Waals surface area (Å²) >= 11 is 6.53. The molecule has 2 N–H and O–H groups in total. The molecule has 1 saturated carbocycles. The molecule has 1 aromatic carbocycles. The average Bonchev–Trinajstić information content (AvgIpc) is 3.38. The third kappa shape index (κ3) is 3.44. The fourth-order valence-corrected chi connectivity index (χ4v) is 4.26. The zero-order chi connectivity index (χ0) is 19.1. The Bertz CT molecular complexity index is 952. The van der Waals surface area contributed by atoms with Crippen molar-refractivity contribution in [3.63, 3.8) is 0 Å². The van der Waals surface area contributed by atoms with Crippen molar-refractivity contribution in [2.24, 2.45) is 5.92 Å². The summed E-state index contributed by atoms with van der Waals surface area (Å²) < 4.78 is 1.95. The Kier molecular flexibility index (Phi) is 4.86. The SMILES string of the molecule is CCNCC1CCN(c2cc3c(cc2Cl)c(=O)c(C(=O)O)cn3C2CC2)C1.